The summed E-state index contributed by atoms with van der Waals surface area (Å²) in [5, 5.41) is 0. The molecule has 0 aliphatic carbocycles. The first kappa shape index (κ1) is 18.9. The second-order valence-electron chi connectivity index (χ2n) is 5.81. The lowest BCUT2D eigenvalue weighted by Gasteiger charge is -2.09. The van der Waals surface area contributed by atoms with Gasteiger partial charge in [0.15, 0.2) is 0 Å². The van der Waals surface area contributed by atoms with Gasteiger partial charge in [0, 0.05) is 12.8 Å². The van der Waals surface area contributed by atoms with Crippen LogP contribution < -0.4 is 0 Å². The largest absolute Gasteiger partial charge is 0.466 e. The van der Waals surface area contributed by atoms with Crippen molar-refractivity contribution >= 4 is 11.9 Å². The molecule has 0 aromatic rings. The average Bonchev–Trinajstić information content (AvgIpc) is 2.40. The molecule has 0 saturated carbocycles. The standard InChI is InChI=1S/C16H30O4/c1-5-14(4)12-20-16(18)10-6-9-15(17)19-11-7-8-13(2)3/h13-14H,5-12H2,1-4H3. The van der Waals surface area contributed by atoms with Crippen LogP contribution in [0.1, 0.15) is 66.2 Å². The number of esters is 2. The fraction of sp³-hybridized carbons (Fsp3) is 0.875. The van der Waals surface area contributed by atoms with Crippen LogP contribution in [0.15, 0.2) is 0 Å². The summed E-state index contributed by atoms with van der Waals surface area (Å²) in [5.74, 6) is 0.584. The van der Waals surface area contributed by atoms with Gasteiger partial charge in [-0.25, -0.2) is 0 Å². The van der Waals surface area contributed by atoms with Crippen LogP contribution in [-0.2, 0) is 19.1 Å². The van der Waals surface area contributed by atoms with Crippen molar-refractivity contribution in [3.63, 3.8) is 0 Å². The van der Waals surface area contributed by atoms with Crippen molar-refractivity contribution in [1.82, 2.24) is 0 Å². The first-order valence-electron chi connectivity index (χ1n) is 7.76. The number of carbonyl (C=O) groups excluding carboxylic acids is 2. The lowest BCUT2D eigenvalue weighted by atomic mass is 10.1. The molecule has 4 heteroatoms. The van der Waals surface area contributed by atoms with E-state index in [2.05, 4.69) is 20.8 Å². The van der Waals surface area contributed by atoms with Gasteiger partial charge in [0.05, 0.1) is 13.2 Å². The quantitative estimate of drug-likeness (QED) is 0.429. The molecule has 0 fully saturated rings. The third-order valence-electron chi connectivity index (χ3n) is 3.18. The fourth-order valence-corrected chi connectivity index (χ4v) is 1.55. The zero-order chi connectivity index (χ0) is 15.4. The average molecular weight is 286 g/mol. The molecular weight excluding hydrogens is 256 g/mol. The summed E-state index contributed by atoms with van der Waals surface area (Å²) in [4.78, 5) is 22.8. The summed E-state index contributed by atoms with van der Waals surface area (Å²) < 4.78 is 10.2. The Kier molecular flexibility index (Phi) is 11.1. The van der Waals surface area contributed by atoms with Crippen molar-refractivity contribution in [2.24, 2.45) is 11.8 Å². The minimum absolute atomic E-state index is 0.219. The molecule has 0 aromatic heterocycles. The van der Waals surface area contributed by atoms with E-state index >= 15 is 0 Å². The smallest absolute Gasteiger partial charge is 0.305 e. The third-order valence-corrected chi connectivity index (χ3v) is 3.18. The Balaban J connectivity index is 3.48. The van der Waals surface area contributed by atoms with Gasteiger partial charge in [-0.1, -0.05) is 34.1 Å². The molecule has 1 unspecified atom stereocenters. The Morgan fingerprint density at radius 2 is 1.55 bits per heavy atom. The lowest BCUT2D eigenvalue weighted by Crippen LogP contribution is -2.12. The van der Waals surface area contributed by atoms with Crippen molar-refractivity contribution in [2.75, 3.05) is 13.2 Å². The Labute approximate surface area is 123 Å². The second-order valence-corrected chi connectivity index (χ2v) is 5.81. The van der Waals surface area contributed by atoms with Gasteiger partial charge < -0.3 is 9.47 Å². The molecule has 0 aromatic carbocycles. The van der Waals surface area contributed by atoms with Gasteiger partial charge in [0.25, 0.3) is 0 Å². The maximum atomic E-state index is 11.4. The molecule has 4 nitrogen and oxygen atoms in total. The predicted octanol–water partition coefficient (Wildman–Crippen LogP) is 3.73. The Bertz CT molecular complexity index is 274. The number of hydrogen-bond acceptors (Lipinski definition) is 4. The van der Waals surface area contributed by atoms with Crippen LogP contribution in [0.25, 0.3) is 0 Å². The summed E-state index contributed by atoms with van der Waals surface area (Å²) >= 11 is 0. The minimum atomic E-state index is -0.224. The zero-order valence-corrected chi connectivity index (χ0v) is 13.4. The predicted molar refractivity (Wildman–Crippen MR) is 79.3 cm³/mol. The van der Waals surface area contributed by atoms with E-state index < -0.39 is 0 Å². The van der Waals surface area contributed by atoms with Crippen LogP contribution in [-0.4, -0.2) is 25.2 Å². The molecule has 118 valence electrons. The molecule has 0 radical (unpaired) electrons. The highest BCUT2D eigenvalue weighted by molar-refractivity contribution is 5.72. The maximum Gasteiger partial charge on any atom is 0.305 e. The number of carbonyl (C=O) groups is 2. The van der Waals surface area contributed by atoms with Crippen LogP contribution in [0.4, 0.5) is 0 Å². The fourth-order valence-electron chi connectivity index (χ4n) is 1.55. The van der Waals surface area contributed by atoms with Gasteiger partial charge >= 0.3 is 11.9 Å². The molecule has 0 spiro atoms. The monoisotopic (exact) mass is 286 g/mol. The van der Waals surface area contributed by atoms with Crippen LogP contribution in [0.5, 0.6) is 0 Å². The second kappa shape index (κ2) is 11.7. The normalized spacial score (nSPS) is 12.2. The van der Waals surface area contributed by atoms with Crippen LogP contribution in [0.2, 0.25) is 0 Å². The first-order valence-corrected chi connectivity index (χ1v) is 7.76. The van der Waals surface area contributed by atoms with E-state index in [1.807, 2.05) is 6.92 Å². The SMILES string of the molecule is CCC(C)COC(=O)CCCC(=O)OCCCC(C)C. The Morgan fingerprint density at radius 3 is 2.10 bits per heavy atom. The van der Waals surface area contributed by atoms with Crippen molar-refractivity contribution in [3.05, 3.63) is 0 Å². The van der Waals surface area contributed by atoms with Gasteiger partial charge in [0.1, 0.15) is 0 Å². The number of hydrogen-bond donors (Lipinski definition) is 0. The molecule has 0 aliphatic heterocycles. The van der Waals surface area contributed by atoms with E-state index in [1.54, 1.807) is 0 Å². The lowest BCUT2D eigenvalue weighted by molar-refractivity contribution is -0.146. The van der Waals surface area contributed by atoms with Crippen LogP contribution in [0, 0.1) is 11.8 Å². The molecule has 0 bridgehead atoms. The topological polar surface area (TPSA) is 52.6 Å². The van der Waals surface area contributed by atoms with E-state index in [0.717, 1.165) is 19.3 Å². The highest BCUT2D eigenvalue weighted by Crippen LogP contribution is 2.06. The maximum absolute atomic E-state index is 11.4. The van der Waals surface area contributed by atoms with Crippen molar-refractivity contribution < 1.29 is 19.1 Å². The summed E-state index contributed by atoms with van der Waals surface area (Å²) in [6.07, 6.45) is 4.05. The molecule has 1 atom stereocenters. The van der Waals surface area contributed by atoms with E-state index in [4.69, 9.17) is 9.47 Å². The zero-order valence-electron chi connectivity index (χ0n) is 13.4. The van der Waals surface area contributed by atoms with E-state index in [1.165, 1.54) is 0 Å². The van der Waals surface area contributed by atoms with Gasteiger partial charge in [-0.3, -0.25) is 9.59 Å². The van der Waals surface area contributed by atoms with E-state index in [-0.39, 0.29) is 18.4 Å². The third kappa shape index (κ3) is 12.0. The Hall–Kier alpha value is -1.06. The minimum Gasteiger partial charge on any atom is -0.466 e. The van der Waals surface area contributed by atoms with E-state index in [0.29, 0.717) is 37.9 Å². The molecule has 0 N–H and O–H groups in total. The molecule has 20 heavy (non-hydrogen) atoms. The van der Waals surface area contributed by atoms with Gasteiger partial charge in [-0.2, -0.15) is 0 Å². The summed E-state index contributed by atoms with van der Waals surface area (Å²) in [6.45, 7) is 9.35. The van der Waals surface area contributed by atoms with Crippen LogP contribution >= 0.6 is 0 Å². The van der Waals surface area contributed by atoms with Gasteiger partial charge in [-0.15, -0.1) is 0 Å². The molecule has 0 heterocycles. The van der Waals surface area contributed by atoms with Gasteiger partial charge in [0.2, 0.25) is 0 Å². The highest BCUT2D eigenvalue weighted by Gasteiger charge is 2.08. The van der Waals surface area contributed by atoms with Crippen molar-refractivity contribution in [3.8, 4) is 0 Å². The van der Waals surface area contributed by atoms with Crippen molar-refractivity contribution in [2.45, 2.75) is 66.2 Å². The molecule has 0 saturated heterocycles. The van der Waals surface area contributed by atoms with Crippen molar-refractivity contribution in [1.29, 1.82) is 0 Å². The van der Waals surface area contributed by atoms with Gasteiger partial charge in [-0.05, 0) is 31.1 Å². The molecule has 0 amide bonds. The molecular formula is C16H30O4. The summed E-state index contributed by atoms with van der Waals surface area (Å²) in [7, 11) is 0. The molecule has 0 aliphatic rings. The molecule has 0 rings (SSSR count). The van der Waals surface area contributed by atoms with E-state index in [9.17, 15) is 9.59 Å². The highest BCUT2D eigenvalue weighted by atomic mass is 16.5. The summed E-state index contributed by atoms with van der Waals surface area (Å²) in [5.41, 5.74) is 0. The number of rotatable bonds is 11. The van der Waals surface area contributed by atoms with Crippen LogP contribution in [0.3, 0.4) is 0 Å². The first-order chi connectivity index (χ1) is 9.45. The Morgan fingerprint density at radius 1 is 0.950 bits per heavy atom. The number of ether oxygens (including phenoxy) is 2. The summed E-state index contributed by atoms with van der Waals surface area (Å²) in [6, 6.07) is 0.